The lowest BCUT2D eigenvalue weighted by Crippen LogP contribution is -2.30. The van der Waals surface area contributed by atoms with Crippen molar-refractivity contribution < 1.29 is 14.7 Å². The fourth-order valence-electron chi connectivity index (χ4n) is 3.44. The Labute approximate surface area is 161 Å². The normalized spacial score (nSPS) is 18.5. The number of para-hydroxylation sites is 1. The number of benzene rings is 1. The van der Waals surface area contributed by atoms with Gasteiger partial charge in [0.2, 0.25) is 0 Å². The third-order valence-electron chi connectivity index (χ3n) is 4.80. The molecule has 6 nitrogen and oxygen atoms in total. The van der Waals surface area contributed by atoms with Crippen molar-refractivity contribution in [1.29, 1.82) is 0 Å². The zero-order valence-corrected chi connectivity index (χ0v) is 15.1. The number of hydrogen-bond acceptors (Lipinski definition) is 5. The van der Waals surface area contributed by atoms with Gasteiger partial charge in [-0.15, -0.1) is 0 Å². The Morgan fingerprint density at radius 1 is 0.929 bits per heavy atom. The van der Waals surface area contributed by atoms with Crippen LogP contribution in [-0.2, 0) is 9.59 Å². The first-order valence-corrected chi connectivity index (χ1v) is 8.76. The van der Waals surface area contributed by atoms with Gasteiger partial charge in [-0.25, -0.2) is 0 Å². The van der Waals surface area contributed by atoms with E-state index in [9.17, 15) is 14.7 Å². The Morgan fingerprint density at radius 3 is 2.18 bits per heavy atom. The number of amides is 1. The number of aromatic nitrogens is 2. The van der Waals surface area contributed by atoms with Crippen molar-refractivity contribution in [2.75, 3.05) is 4.90 Å². The van der Waals surface area contributed by atoms with Gasteiger partial charge < -0.3 is 5.11 Å². The Morgan fingerprint density at radius 2 is 1.54 bits per heavy atom. The van der Waals surface area contributed by atoms with Crippen LogP contribution in [0.25, 0.3) is 5.76 Å². The van der Waals surface area contributed by atoms with Crippen LogP contribution in [0.1, 0.15) is 22.7 Å². The number of Topliss-reactive ketones (excluding diaryl/α,β-unsaturated/α-hetero) is 1. The summed E-state index contributed by atoms with van der Waals surface area (Å²) in [5.74, 6) is -1.62. The van der Waals surface area contributed by atoms with E-state index in [4.69, 9.17) is 0 Å². The van der Waals surface area contributed by atoms with E-state index >= 15 is 0 Å². The highest BCUT2D eigenvalue weighted by atomic mass is 16.3. The fraction of sp³-hybridized carbons (Fsp3) is 0.0909. The maximum atomic E-state index is 13.0. The second kappa shape index (κ2) is 7.08. The largest absolute Gasteiger partial charge is 0.507 e. The SMILES string of the molecule is Cc1ccccc1N1C(=O)C(=O)/C(=C(/O)c2ccncc2)C1c1ccncc1. The van der Waals surface area contributed by atoms with Crippen molar-refractivity contribution in [3.05, 3.63) is 95.6 Å². The molecule has 2 aromatic heterocycles. The summed E-state index contributed by atoms with van der Waals surface area (Å²) < 4.78 is 0. The van der Waals surface area contributed by atoms with E-state index in [0.29, 0.717) is 16.8 Å². The van der Waals surface area contributed by atoms with Crippen LogP contribution in [0.2, 0.25) is 0 Å². The number of anilines is 1. The van der Waals surface area contributed by atoms with Crippen LogP contribution >= 0.6 is 0 Å². The molecule has 1 aliphatic heterocycles. The fourth-order valence-corrected chi connectivity index (χ4v) is 3.44. The zero-order chi connectivity index (χ0) is 19.7. The van der Waals surface area contributed by atoms with Crippen molar-refractivity contribution >= 4 is 23.1 Å². The Kier molecular flexibility index (Phi) is 4.45. The molecule has 0 aliphatic carbocycles. The number of carbonyl (C=O) groups excluding carboxylic acids is 2. The molecule has 0 radical (unpaired) electrons. The Hall–Kier alpha value is -3.80. The van der Waals surface area contributed by atoms with Gasteiger partial charge in [0.25, 0.3) is 11.7 Å². The van der Waals surface area contributed by atoms with Gasteiger partial charge in [-0.1, -0.05) is 18.2 Å². The summed E-state index contributed by atoms with van der Waals surface area (Å²) in [6.45, 7) is 1.88. The number of rotatable bonds is 3. The molecule has 3 heterocycles. The first kappa shape index (κ1) is 17.6. The van der Waals surface area contributed by atoms with Gasteiger partial charge in [-0.2, -0.15) is 0 Å². The Bertz CT molecular complexity index is 1080. The highest BCUT2D eigenvalue weighted by molar-refractivity contribution is 6.51. The minimum Gasteiger partial charge on any atom is -0.507 e. The van der Waals surface area contributed by atoms with Gasteiger partial charge in [0.1, 0.15) is 5.76 Å². The summed E-state index contributed by atoms with van der Waals surface area (Å²) in [6, 6.07) is 13.3. The molecule has 0 bridgehead atoms. The predicted molar refractivity (Wildman–Crippen MR) is 104 cm³/mol. The number of carbonyl (C=O) groups is 2. The summed E-state index contributed by atoms with van der Waals surface area (Å²) in [4.78, 5) is 35.4. The van der Waals surface area contributed by atoms with Crippen molar-refractivity contribution in [2.45, 2.75) is 13.0 Å². The van der Waals surface area contributed by atoms with Crippen molar-refractivity contribution in [3.63, 3.8) is 0 Å². The van der Waals surface area contributed by atoms with Crippen LogP contribution in [0.5, 0.6) is 0 Å². The van der Waals surface area contributed by atoms with E-state index < -0.39 is 17.7 Å². The topological polar surface area (TPSA) is 83.4 Å². The summed E-state index contributed by atoms with van der Waals surface area (Å²) in [7, 11) is 0. The quantitative estimate of drug-likeness (QED) is 0.433. The minimum atomic E-state index is -0.753. The number of nitrogens with zero attached hydrogens (tertiary/aromatic N) is 3. The smallest absolute Gasteiger partial charge is 0.300 e. The molecule has 1 atom stereocenters. The second-order valence-corrected chi connectivity index (χ2v) is 6.47. The molecule has 1 aliphatic rings. The van der Waals surface area contributed by atoms with E-state index in [1.807, 2.05) is 25.1 Å². The zero-order valence-electron chi connectivity index (χ0n) is 15.1. The number of ketones is 1. The minimum absolute atomic E-state index is 0.0469. The average Bonchev–Trinajstić information content (AvgIpc) is 3.00. The number of aliphatic hydroxyl groups is 1. The van der Waals surface area contributed by atoms with Gasteiger partial charge in [0.05, 0.1) is 11.6 Å². The van der Waals surface area contributed by atoms with E-state index in [1.165, 1.54) is 17.3 Å². The van der Waals surface area contributed by atoms with E-state index in [2.05, 4.69) is 9.97 Å². The van der Waals surface area contributed by atoms with Crippen molar-refractivity contribution in [3.8, 4) is 0 Å². The molecule has 3 aromatic rings. The first-order chi connectivity index (χ1) is 13.6. The maximum Gasteiger partial charge on any atom is 0.300 e. The molecule has 138 valence electrons. The van der Waals surface area contributed by atoms with Crippen LogP contribution in [0.3, 0.4) is 0 Å². The molecule has 1 aromatic carbocycles. The number of hydrogen-bond donors (Lipinski definition) is 1. The van der Waals surface area contributed by atoms with Crippen LogP contribution in [0.15, 0.2) is 78.9 Å². The van der Waals surface area contributed by atoms with Crippen LogP contribution < -0.4 is 4.90 Å². The molecule has 1 amide bonds. The summed E-state index contributed by atoms with van der Waals surface area (Å²) >= 11 is 0. The number of aliphatic hydroxyl groups excluding tert-OH is 1. The average molecular weight is 371 g/mol. The molecule has 1 N–H and O–H groups in total. The summed E-state index contributed by atoms with van der Waals surface area (Å²) in [5.41, 5.74) is 2.64. The molecule has 0 spiro atoms. The Balaban J connectivity index is 1.97. The second-order valence-electron chi connectivity index (χ2n) is 6.47. The van der Waals surface area contributed by atoms with E-state index in [0.717, 1.165) is 5.56 Å². The van der Waals surface area contributed by atoms with Crippen LogP contribution in [0, 0.1) is 6.92 Å². The standard InChI is InChI=1S/C22H17N3O3/c1-14-4-2-3-5-17(14)25-19(15-6-10-23-11-7-15)18(21(27)22(25)28)20(26)16-8-12-24-13-9-16/h2-13,19,26H,1H3/b20-18+. The maximum absolute atomic E-state index is 13.0. The number of pyridine rings is 2. The third-order valence-corrected chi connectivity index (χ3v) is 4.80. The monoisotopic (exact) mass is 371 g/mol. The lowest BCUT2D eigenvalue weighted by Gasteiger charge is -2.26. The van der Waals surface area contributed by atoms with Gasteiger partial charge in [0, 0.05) is 36.0 Å². The molecule has 1 fully saturated rings. The number of aryl methyl sites for hydroxylation is 1. The van der Waals surface area contributed by atoms with Crippen LogP contribution in [0.4, 0.5) is 5.69 Å². The van der Waals surface area contributed by atoms with Gasteiger partial charge in [-0.3, -0.25) is 24.5 Å². The molecule has 0 saturated carbocycles. The van der Waals surface area contributed by atoms with Crippen molar-refractivity contribution in [2.24, 2.45) is 0 Å². The lowest BCUT2D eigenvalue weighted by molar-refractivity contribution is -0.132. The van der Waals surface area contributed by atoms with Crippen molar-refractivity contribution in [1.82, 2.24) is 9.97 Å². The molecule has 1 unspecified atom stereocenters. The molecule has 4 rings (SSSR count). The summed E-state index contributed by atoms with van der Waals surface area (Å²) in [5, 5.41) is 10.9. The molecule has 1 saturated heterocycles. The molecule has 28 heavy (non-hydrogen) atoms. The van der Waals surface area contributed by atoms with Gasteiger partial charge >= 0.3 is 0 Å². The molecular formula is C22H17N3O3. The first-order valence-electron chi connectivity index (χ1n) is 8.76. The van der Waals surface area contributed by atoms with Crippen LogP contribution in [-0.4, -0.2) is 26.8 Å². The van der Waals surface area contributed by atoms with E-state index in [1.54, 1.807) is 42.7 Å². The highest BCUT2D eigenvalue weighted by Gasteiger charge is 2.47. The van der Waals surface area contributed by atoms with Gasteiger partial charge in [0.15, 0.2) is 0 Å². The summed E-state index contributed by atoms with van der Waals surface area (Å²) in [6.07, 6.45) is 6.24. The highest BCUT2D eigenvalue weighted by Crippen LogP contribution is 2.42. The van der Waals surface area contributed by atoms with E-state index in [-0.39, 0.29) is 11.3 Å². The lowest BCUT2D eigenvalue weighted by atomic mass is 9.96. The molecular weight excluding hydrogens is 354 g/mol. The molecule has 6 heteroatoms. The third kappa shape index (κ3) is 2.85. The predicted octanol–water partition coefficient (Wildman–Crippen LogP) is 3.41. The van der Waals surface area contributed by atoms with Gasteiger partial charge in [-0.05, 0) is 48.4 Å².